The van der Waals surface area contributed by atoms with Crippen LogP contribution in [0.15, 0.2) is 53.3 Å². The normalized spacial score (nSPS) is 14.4. The highest BCUT2D eigenvalue weighted by Gasteiger charge is 2.19. The molecule has 2 heterocycles. The number of aryl methyl sites for hydroxylation is 1. The number of carbonyl (C=O) groups excluding carboxylic acids is 1. The van der Waals surface area contributed by atoms with E-state index in [2.05, 4.69) is 28.8 Å². The smallest absolute Gasteiger partial charge is 0.339 e. The maximum absolute atomic E-state index is 13.2. The lowest BCUT2D eigenvalue weighted by molar-refractivity contribution is 0.0602. The highest BCUT2D eigenvalue weighted by molar-refractivity contribution is 5.96. The van der Waals surface area contributed by atoms with E-state index in [1.807, 2.05) is 45.2 Å². The van der Waals surface area contributed by atoms with Crippen LogP contribution in [0.2, 0.25) is 0 Å². The molecule has 2 N–H and O–H groups in total. The minimum Gasteiger partial charge on any atom is -0.465 e. The number of nitrogens with zero attached hydrogens (tertiary/aromatic N) is 1. The predicted molar refractivity (Wildman–Crippen MR) is 125 cm³/mol. The third-order valence-electron chi connectivity index (χ3n) is 5.84. The first-order valence-electron chi connectivity index (χ1n) is 10.4. The highest BCUT2D eigenvalue weighted by Crippen LogP contribution is 2.30. The second-order valence-electron chi connectivity index (χ2n) is 7.97. The van der Waals surface area contributed by atoms with Gasteiger partial charge in [-0.05, 0) is 60.2 Å². The van der Waals surface area contributed by atoms with E-state index >= 15 is 0 Å². The summed E-state index contributed by atoms with van der Waals surface area (Å²) in [5.41, 5.74) is 5.26. The summed E-state index contributed by atoms with van der Waals surface area (Å²) in [4.78, 5) is 25.4. The summed E-state index contributed by atoms with van der Waals surface area (Å²) in [7, 11) is 3.20. The molecule has 2 aromatic carbocycles. The Morgan fingerprint density at radius 3 is 2.68 bits per heavy atom. The third kappa shape index (κ3) is 3.86. The molecular formula is C25H27N3O3. The van der Waals surface area contributed by atoms with Gasteiger partial charge >= 0.3 is 5.97 Å². The van der Waals surface area contributed by atoms with Gasteiger partial charge in [-0.2, -0.15) is 0 Å². The van der Waals surface area contributed by atoms with E-state index in [1.165, 1.54) is 7.11 Å². The Labute approximate surface area is 181 Å². The van der Waals surface area contributed by atoms with E-state index in [1.54, 1.807) is 10.6 Å². The highest BCUT2D eigenvalue weighted by atomic mass is 16.5. The number of aromatic nitrogens is 1. The summed E-state index contributed by atoms with van der Waals surface area (Å²) in [5, 5.41) is 8.37. The van der Waals surface area contributed by atoms with Crippen LogP contribution in [0.4, 0.5) is 5.69 Å². The Morgan fingerprint density at radius 1 is 1.19 bits per heavy atom. The molecule has 0 aliphatic carbocycles. The Morgan fingerprint density at radius 2 is 1.97 bits per heavy atom. The van der Waals surface area contributed by atoms with Crippen molar-refractivity contribution in [3.63, 3.8) is 0 Å². The summed E-state index contributed by atoms with van der Waals surface area (Å²) in [6.45, 7) is 5.59. The van der Waals surface area contributed by atoms with Crippen molar-refractivity contribution in [1.29, 1.82) is 0 Å². The third-order valence-corrected chi connectivity index (χ3v) is 5.84. The van der Waals surface area contributed by atoms with Crippen LogP contribution in [0.3, 0.4) is 0 Å². The monoisotopic (exact) mass is 417 g/mol. The van der Waals surface area contributed by atoms with Gasteiger partial charge in [-0.3, -0.25) is 4.79 Å². The topological polar surface area (TPSA) is 72.4 Å². The molecule has 160 valence electrons. The van der Waals surface area contributed by atoms with Crippen molar-refractivity contribution in [2.24, 2.45) is 7.05 Å². The number of carbonyl (C=O) groups is 1. The number of rotatable bonds is 5. The molecule has 6 nitrogen and oxygen atoms in total. The minimum absolute atomic E-state index is 0.00703. The molecule has 1 atom stereocenters. The number of benzene rings is 2. The lowest BCUT2D eigenvalue weighted by Gasteiger charge is -2.21. The molecular weight excluding hydrogens is 390 g/mol. The Bertz CT molecular complexity index is 1260. The van der Waals surface area contributed by atoms with Crippen molar-refractivity contribution in [2.45, 2.75) is 19.9 Å². The molecule has 1 unspecified atom stereocenters. The van der Waals surface area contributed by atoms with Crippen LogP contribution in [-0.4, -0.2) is 30.7 Å². The van der Waals surface area contributed by atoms with Gasteiger partial charge in [-0.25, -0.2) is 4.79 Å². The van der Waals surface area contributed by atoms with Crippen LogP contribution >= 0.6 is 0 Å². The number of methoxy groups -OCH3 is 1. The van der Waals surface area contributed by atoms with Gasteiger partial charge in [-0.1, -0.05) is 24.3 Å². The number of para-hydroxylation sites is 1. The molecule has 4 rings (SSSR count). The van der Waals surface area contributed by atoms with Gasteiger partial charge in [0.1, 0.15) is 0 Å². The molecule has 0 amide bonds. The Kier molecular flexibility index (Phi) is 5.65. The zero-order valence-electron chi connectivity index (χ0n) is 18.3. The molecule has 0 spiro atoms. The fraction of sp³-hybridized carbons (Fsp3) is 0.280. The molecule has 1 aromatic heterocycles. The number of hydrogen-bond acceptors (Lipinski definition) is 5. The average molecular weight is 418 g/mol. The number of ether oxygens (including phenoxy) is 1. The van der Waals surface area contributed by atoms with Gasteiger partial charge in [0.15, 0.2) is 0 Å². The second kappa shape index (κ2) is 8.40. The Hall–Kier alpha value is -3.38. The van der Waals surface area contributed by atoms with E-state index in [9.17, 15) is 9.59 Å². The number of hydrogen-bond donors (Lipinski definition) is 2. The van der Waals surface area contributed by atoms with E-state index in [0.717, 1.165) is 40.9 Å². The van der Waals surface area contributed by atoms with E-state index < -0.39 is 0 Å². The minimum atomic E-state index is -0.388. The first-order valence-corrected chi connectivity index (χ1v) is 10.4. The Balaban J connectivity index is 1.84. The fourth-order valence-corrected chi connectivity index (χ4v) is 4.23. The van der Waals surface area contributed by atoms with Crippen molar-refractivity contribution in [1.82, 2.24) is 9.88 Å². The largest absolute Gasteiger partial charge is 0.465 e. The van der Waals surface area contributed by atoms with Crippen LogP contribution in [0.1, 0.15) is 40.1 Å². The molecule has 0 saturated heterocycles. The zero-order chi connectivity index (χ0) is 22.1. The van der Waals surface area contributed by atoms with Crippen molar-refractivity contribution >= 4 is 28.0 Å². The lowest BCUT2D eigenvalue weighted by atomic mass is 9.95. The van der Waals surface area contributed by atoms with E-state index in [0.29, 0.717) is 16.6 Å². The number of fused-ring (bicyclic) bond motifs is 1. The maximum Gasteiger partial charge on any atom is 0.339 e. The van der Waals surface area contributed by atoms with Crippen LogP contribution in [0.25, 0.3) is 16.3 Å². The quantitative estimate of drug-likeness (QED) is 0.618. The van der Waals surface area contributed by atoms with E-state index in [4.69, 9.17) is 4.74 Å². The lowest BCUT2D eigenvalue weighted by Crippen LogP contribution is -2.22. The van der Waals surface area contributed by atoms with Gasteiger partial charge in [0.2, 0.25) is 0 Å². The molecule has 0 saturated carbocycles. The number of pyridine rings is 1. The van der Waals surface area contributed by atoms with Gasteiger partial charge < -0.3 is 19.9 Å². The van der Waals surface area contributed by atoms with Crippen molar-refractivity contribution in [3.8, 4) is 0 Å². The molecule has 3 aromatic rings. The number of nitrogens with one attached hydrogen (secondary N) is 2. The van der Waals surface area contributed by atoms with Crippen LogP contribution in [0, 0.1) is 6.92 Å². The summed E-state index contributed by atoms with van der Waals surface area (Å²) in [6.07, 6.45) is 2.13. The van der Waals surface area contributed by atoms with E-state index in [-0.39, 0.29) is 17.6 Å². The first kappa shape index (κ1) is 20.9. The van der Waals surface area contributed by atoms with Gasteiger partial charge in [0.05, 0.1) is 12.7 Å². The molecule has 1 aliphatic heterocycles. The summed E-state index contributed by atoms with van der Waals surface area (Å²) in [6, 6.07) is 13.3. The standard InChI is InChI=1S/C25H27N3O3/c1-15-11-19(16(2)27-22-8-6-5-7-18(22)25(30)31-4)20-13-23(17-9-10-26-14-17)28(3)24(29)21(20)12-15/h5-9,11-13,16,26-27H,10,14H2,1-4H3. The van der Waals surface area contributed by atoms with Gasteiger partial charge in [0, 0.05) is 42.9 Å². The molecule has 0 bridgehead atoms. The van der Waals surface area contributed by atoms with Crippen molar-refractivity contribution in [2.75, 3.05) is 25.5 Å². The molecule has 6 heteroatoms. The predicted octanol–water partition coefficient (Wildman–Crippen LogP) is 3.79. The summed E-state index contributed by atoms with van der Waals surface area (Å²) < 4.78 is 6.65. The molecule has 0 fully saturated rings. The number of anilines is 1. The molecule has 0 radical (unpaired) electrons. The van der Waals surface area contributed by atoms with Crippen molar-refractivity contribution in [3.05, 3.63) is 81.3 Å². The van der Waals surface area contributed by atoms with Gasteiger partial charge in [0.25, 0.3) is 5.56 Å². The number of esters is 1. The van der Waals surface area contributed by atoms with Crippen molar-refractivity contribution < 1.29 is 9.53 Å². The fourth-order valence-electron chi connectivity index (χ4n) is 4.23. The summed E-state index contributed by atoms with van der Waals surface area (Å²) >= 11 is 0. The average Bonchev–Trinajstić information content (AvgIpc) is 3.30. The van der Waals surface area contributed by atoms with Gasteiger partial charge in [-0.15, -0.1) is 0 Å². The zero-order valence-corrected chi connectivity index (χ0v) is 18.3. The summed E-state index contributed by atoms with van der Waals surface area (Å²) in [5.74, 6) is -0.388. The SMILES string of the molecule is COC(=O)c1ccccc1NC(C)c1cc(C)cc2c(=O)n(C)c(C3=CCNC3)cc12. The first-order chi connectivity index (χ1) is 14.9. The van der Waals surface area contributed by atoms with Crippen LogP contribution in [-0.2, 0) is 11.8 Å². The van der Waals surface area contributed by atoms with Crippen LogP contribution in [0.5, 0.6) is 0 Å². The molecule has 31 heavy (non-hydrogen) atoms. The molecule has 1 aliphatic rings. The second-order valence-corrected chi connectivity index (χ2v) is 7.97. The van der Waals surface area contributed by atoms with Crippen LogP contribution < -0.4 is 16.2 Å². The maximum atomic E-state index is 13.2.